The fourth-order valence-electron chi connectivity index (χ4n) is 5.75. The van der Waals surface area contributed by atoms with Gasteiger partial charge in [0.1, 0.15) is 18.5 Å². The Morgan fingerprint density at radius 1 is 1.07 bits per heavy atom. The number of nitrogens with zero attached hydrogens (tertiary/aromatic N) is 6. The van der Waals surface area contributed by atoms with Crippen LogP contribution in [0.1, 0.15) is 41.1 Å². The van der Waals surface area contributed by atoms with Crippen molar-refractivity contribution in [2.75, 3.05) is 19.7 Å². The maximum atomic E-state index is 14.7. The van der Waals surface area contributed by atoms with Crippen LogP contribution in [0, 0.1) is 5.82 Å². The first-order valence-electron chi connectivity index (χ1n) is 15.1. The summed E-state index contributed by atoms with van der Waals surface area (Å²) in [5, 5.41) is 9.51. The molecule has 0 saturated carbocycles. The highest BCUT2D eigenvalue weighted by Gasteiger charge is 2.26. The molecule has 5 aromatic rings. The van der Waals surface area contributed by atoms with Crippen LogP contribution in [0.5, 0.6) is 11.6 Å². The van der Waals surface area contributed by atoms with Gasteiger partial charge in [0.2, 0.25) is 5.88 Å². The van der Waals surface area contributed by atoms with E-state index in [-0.39, 0.29) is 30.1 Å². The number of hydrogen-bond donors (Lipinski definition) is 1. The Labute approximate surface area is 258 Å². The molecule has 11 nitrogen and oxygen atoms in total. The number of aromatic carboxylic acids is 1. The Morgan fingerprint density at radius 3 is 2.67 bits per heavy atom. The summed E-state index contributed by atoms with van der Waals surface area (Å²) in [6, 6.07) is 15.4. The molecule has 0 aliphatic carbocycles. The van der Waals surface area contributed by atoms with Crippen molar-refractivity contribution in [3.63, 3.8) is 0 Å². The second-order valence-electron chi connectivity index (χ2n) is 11.4. The number of pyridine rings is 1. The van der Waals surface area contributed by atoms with Crippen LogP contribution in [0.15, 0.2) is 73.3 Å². The molecule has 2 aliphatic rings. The van der Waals surface area contributed by atoms with E-state index in [1.165, 1.54) is 6.07 Å². The summed E-state index contributed by atoms with van der Waals surface area (Å²) in [5.41, 5.74) is 3.16. The van der Waals surface area contributed by atoms with Gasteiger partial charge in [0.25, 0.3) is 0 Å². The molecule has 2 saturated heterocycles. The van der Waals surface area contributed by atoms with Gasteiger partial charge in [-0.05, 0) is 55.7 Å². The van der Waals surface area contributed by atoms with Crippen molar-refractivity contribution in [3.8, 4) is 17.3 Å². The van der Waals surface area contributed by atoms with Gasteiger partial charge in [-0.15, -0.1) is 0 Å². The van der Waals surface area contributed by atoms with E-state index in [0.717, 1.165) is 55.8 Å². The number of carbonyl (C=O) groups is 1. The highest BCUT2D eigenvalue weighted by Crippen LogP contribution is 2.26. The number of benzene rings is 2. The van der Waals surface area contributed by atoms with Gasteiger partial charge in [0.15, 0.2) is 11.6 Å². The third-order valence-corrected chi connectivity index (χ3v) is 8.32. The summed E-state index contributed by atoms with van der Waals surface area (Å²) in [5.74, 6) is 0.158. The molecule has 0 radical (unpaired) electrons. The molecule has 45 heavy (non-hydrogen) atoms. The molecule has 3 aromatic heterocycles. The van der Waals surface area contributed by atoms with Crippen LogP contribution in [0.3, 0.4) is 0 Å². The van der Waals surface area contributed by atoms with E-state index >= 15 is 0 Å². The van der Waals surface area contributed by atoms with Crippen LogP contribution in [0.4, 0.5) is 4.39 Å². The number of ether oxygens (including phenoxy) is 3. The van der Waals surface area contributed by atoms with Crippen LogP contribution < -0.4 is 9.47 Å². The van der Waals surface area contributed by atoms with Crippen molar-refractivity contribution in [2.24, 2.45) is 0 Å². The summed E-state index contributed by atoms with van der Waals surface area (Å²) in [6.07, 6.45) is 7.76. The van der Waals surface area contributed by atoms with Gasteiger partial charge in [-0.2, -0.15) is 0 Å². The average molecular weight is 613 g/mol. The fraction of sp³-hybridized carbons (Fsp3) is 0.333. The number of imidazole rings is 2. The molecular weight excluding hydrogens is 579 g/mol. The van der Waals surface area contributed by atoms with E-state index in [4.69, 9.17) is 19.2 Å². The topological polar surface area (TPSA) is 117 Å². The molecule has 1 atom stereocenters. The van der Waals surface area contributed by atoms with E-state index in [1.54, 1.807) is 53.6 Å². The molecule has 1 N–H and O–H groups in total. The lowest BCUT2D eigenvalue weighted by atomic mass is 10.1. The lowest BCUT2D eigenvalue weighted by molar-refractivity contribution is -0.0592. The van der Waals surface area contributed by atoms with Gasteiger partial charge in [0, 0.05) is 49.9 Å². The summed E-state index contributed by atoms with van der Waals surface area (Å²) in [4.78, 5) is 27.4. The van der Waals surface area contributed by atoms with E-state index in [1.807, 2.05) is 18.2 Å². The van der Waals surface area contributed by atoms with Gasteiger partial charge in [-0.1, -0.05) is 6.07 Å². The van der Waals surface area contributed by atoms with Crippen LogP contribution in [-0.2, 0) is 24.4 Å². The fourth-order valence-corrected chi connectivity index (χ4v) is 5.75. The first kappa shape index (κ1) is 28.9. The third-order valence-electron chi connectivity index (χ3n) is 8.32. The quantitative estimate of drug-likeness (QED) is 0.223. The lowest BCUT2D eigenvalue weighted by Gasteiger charge is -2.32. The molecule has 0 spiro atoms. The number of halogens is 1. The van der Waals surface area contributed by atoms with E-state index < -0.39 is 11.8 Å². The molecule has 2 fully saturated rings. The molecular formula is C33H33FN6O5. The minimum Gasteiger partial charge on any atom is -0.484 e. The molecule has 0 unspecified atom stereocenters. The van der Waals surface area contributed by atoms with Gasteiger partial charge < -0.3 is 28.5 Å². The van der Waals surface area contributed by atoms with Crippen molar-refractivity contribution < 1.29 is 28.5 Å². The molecule has 5 heterocycles. The number of piperidine rings is 1. The second-order valence-corrected chi connectivity index (χ2v) is 11.4. The minimum atomic E-state index is -0.952. The number of rotatable bonds is 11. The van der Waals surface area contributed by atoms with Crippen molar-refractivity contribution >= 4 is 17.0 Å². The molecule has 2 aromatic carbocycles. The first-order valence-corrected chi connectivity index (χ1v) is 15.1. The highest BCUT2D eigenvalue weighted by molar-refractivity contribution is 5.92. The monoisotopic (exact) mass is 612 g/mol. The molecule has 12 heteroatoms. The second kappa shape index (κ2) is 12.7. The Bertz CT molecular complexity index is 1800. The van der Waals surface area contributed by atoms with E-state index in [0.29, 0.717) is 30.4 Å². The minimum absolute atomic E-state index is 0.0124. The summed E-state index contributed by atoms with van der Waals surface area (Å²) < 4.78 is 36.1. The smallest absolute Gasteiger partial charge is 0.335 e. The largest absolute Gasteiger partial charge is 0.484 e. The number of hydrogen-bond acceptors (Lipinski definition) is 8. The average Bonchev–Trinajstić information content (AvgIpc) is 3.68. The van der Waals surface area contributed by atoms with Crippen molar-refractivity contribution in [2.45, 2.75) is 51.2 Å². The third kappa shape index (κ3) is 6.52. The van der Waals surface area contributed by atoms with Crippen LogP contribution >= 0.6 is 0 Å². The number of carboxylic acid groups (broad SMARTS) is 1. The predicted octanol–water partition coefficient (Wildman–Crippen LogP) is 4.87. The standard InChI is InChI=1S/C33H33FN6O5/c34-27-17-24(39-14-11-35-21-39)5-7-30(27)44-20-23-2-1-3-32(36-23)45-25-8-12-38(13-9-25)19-31-37-28-6-4-22(33(41)42)16-29(28)40(31)18-26-10-15-43-26/h1-7,11,14,16-17,21,25-26H,8-10,12-13,15,18-20H2,(H,41,42)/t26-/m0/s1. The summed E-state index contributed by atoms with van der Waals surface area (Å²) >= 11 is 0. The lowest BCUT2D eigenvalue weighted by Crippen LogP contribution is -2.39. The Morgan fingerprint density at radius 2 is 1.93 bits per heavy atom. The molecule has 0 bridgehead atoms. The van der Waals surface area contributed by atoms with Crippen LogP contribution in [-0.4, -0.2) is 72.0 Å². The predicted molar refractivity (Wildman–Crippen MR) is 162 cm³/mol. The van der Waals surface area contributed by atoms with Crippen LogP contribution in [0.25, 0.3) is 16.7 Å². The number of likely N-dealkylation sites (tertiary alicyclic amines) is 1. The zero-order valence-electron chi connectivity index (χ0n) is 24.6. The zero-order valence-corrected chi connectivity index (χ0v) is 24.6. The number of fused-ring (bicyclic) bond motifs is 1. The van der Waals surface area contributed by atoms with Crippen molar-refractivity contribution in [3.05, 3.63) is 96.2 Å². The highest BCUT2D eigenvalue weighted by atomic mass is 19.1. The number of aromatic nitrogens is 5. The first-order chi connectivity index (χ1) is 22.0. The van der Waals surface area contributed by atoms with E-state index in [2.05, 4.69) is 19.4 Å². The normalized spacial score (nSPS) is 17.3. The SMILES string of the molecule is O=C(O)c1ccc2nc(CN3CCC(Oc4cccc(COc5ccc(-n6ccnc6)cc5F)n4)CC3)n(C[C@@H]3CCO3)c2c1. The van der Waals surface area contributed by atoms with Gasteiger partial charge in [0.05, 0.1) is 47.8 Å². The maximum absolute atomic E-state index is 14.7. The van der Waals surface area contributed by atoms with Gasteiger partial charge in [-0.25, -0.2) is 24.1 Å². The van der Waals surface area contributed by atoms with Crippen molar-refractivity contribution in [1.82, 2.24) is 29.0 Å². The molecule has 232 valence electrons. The summed E-state index contributed by atoms with van der Waals surface area (Å²) in [7, 11) is 0. The van der Waals surface area contributed by atoms with Gasteiger partial charge in [-0.3, -0.25) is 4.90 Å². The molecule has 0 amide bonds. The van der Waals surface area contributed by atoms with Gasteiger partial charge >= 0.3 is 5.97 Å². The molecule has 2 aliphatic heterocycles. The Balaban J connectivity index is 0.948. The van der Waals surface area contributed by atoms with Crippen LogP contribution in [0.2, 0.25) is 0 Å². The zero-order chi connectivity index (χ0) is 30.8. The number of carboxylic acids is 1. The Kier molecular flexibility index (Phi) is 8.14. The van der Waals surface area contributed by atoms with Crippen molar-refractivity contribution in [1.29, 1.82) is 0 Å². The van der Waals surface area contributed by atoms with E-state index in [9.17, 15) is 14.3 Å². The Hall–Kier alpha value is -4.81. The summed E-state index contributed by atoms with van der Waals surface area (Å²) in [6.45, 7) is 3.82. The molecule has 7 rings (SSSR count). The maximum Gasteiger partial charge on any atom is 0.335 e.